The first-order valence-corrected chi connectivity index (χ1v) is 6.13. The lowest BCUT2D eigenvalue weighted by Gasteiger charge is -2.06. The molecule has 0 aromatic heterocycles. The maximum absolute atomic E-state index is 5.46. The third-order valence-electron chi connectivity index (χ3n) is 2.73. The number of hydrogen-bond donors (Lipinski definition) is 0. The molecule has 2 nitrogen and oxygen atoms in total. The van der Waals surface area contributed by atoms with Crippen LogP contribution in [-0.4, -0.2) is 25.9 Å². The van der Waals surface area contributed by atoms with E-state index in [1.54, 1.807) is 0 Å². The average molecular weight is 200 g/mol. The second kappa shape index (κ2) is 8.25. The molecule has 0 aromatic rings. The van der Waals surface area contributed by atoms with Gasteiger partial charge in [-0.05, 0) is 32.1 Å². The molecule has 1 unspecified atom stereocenters. The minimum absolute atomic E-state index is 0.616. The van der Waals surface area contributed by atoms with Crippen molar-refractivity contribution in [3.63, 3.8) is 0 Å². The Morgan fingerprint density at radius 2 is 1.86 bits per heavy atom. The number of rotatable bonds is 3. The predicted molar refractivity (Wildman–Crippen MR) is 58.6 cm³/mol. The Kier molecular flexibility index (Phi) is 7.06. The smallest absolute Gasteiger partial charge is 0.0576 e. The molecule has 0 spiro atoms. The quantitative estimate of drug-likeness (QED) is 0.696. The van der Waals surface area contributed by atoms with E-state index in [9.17, 15) is 0 Å². The lowest BCUT2D eigenvalue weighted by atomic mass is 10.1. The maximum Gasteiger partial charge on any atom is 0.0576 e. The Hall–Kier alpha value is -0.0800. The fourth-order valence-electron chi connectivity index (χ4n) is 1.81. The van der Waals surface area contributed by atoms with Gasteiger partial charge in [0, 0.05) is 19.8 Å². The van der Waals surface area contributed by atoms with Crippen LogP contribution in [0.5, 0.6) is 0 Å². The fraction of sp³-hybridized carbons (Fsp3) is 1.00. The Morgan fingerprint density at radius 3 is 2.29 bits per heavy atom. The summed E-state index contributed by atoms with van der Waals surface area (Å²) < 4.78 is 10.4. The van der Waals surface area contributed by atoms with Gasteiger partial charge >= 0.3 is 0 Å². The van der Waals surface area contributed by atoms with Gasteiger partial charge in [0.25, 0.3) is 0 Å². The summed E-state index contributed by atoms with van der Waals surface area (Å²) >= 11 is 0. The topological polar surface area (TPSA) is 18.5 Å². The third-order valence-corrected chi connectivity index (χ3v) is 2.73. The SMILES string of the molecule is C1CCOC1.CCCCC1CCCO1. The molecule has 2 heteroatoms. The lowest BCUT2D eigenvalue weighted by molar-refractivity contribution is 0.102. The Labute approximate surface area is 88.0 Å². The summed E-state index contributed by atoms with van der Waals surface area (Å²) in [5, 5.41) is 0. The van der Waals surface area contributed by atoms with Gasteiger partial charge in [-0.2, -0.15) is 0 Å². The molecule has 0 aliphatic carbocycles. The van der Waals surface area contributed by atoms with Crippen LogP contribution in [-0.2, 0) is 9.47 Å². The zero-order valence-corrected chi connectivity index (χ0v) is 9.46. The van der Waals surface area contributed by atoms with E-state index < -0.39 is 0 Å². The van der Waals surface area contributed by atoms with E-state index in [1.165, 1.54) is 44.9 Å². The first-order valence-electron chi connectivity index (χ1n) is 6.13. The average Bonchev–Trinajstić information content (AvgIpc) is 2.90. The first kappa shape index (κ1) is 12.0. The summed E-state index contributed by atoms with van der Waals surface area (Å²) in [7, 11) is 0. The molecule has 2 heterocycles. The normalized spacial score (nSPS) is 25.9. The molecule has 2 fully saturated rings. The zero-order valence-electron chi connectivity index (χ0n) is 9.46. The van der Waals surface area contributed by atoms with Crippen molar-refractivity contribution >= 4 is 0 Å². The monoisotopic (exact) mass is 200 g/mol. The molecule has 0 radical (unpaired) electrons. The van der Waals surface area contributed by atoms with Crippen LogP contribution in [0.25, 0.3) is 0 Å². The lowest BCUT2D eigenvalue weighted by Crippen LogP contribution is -2.03. The van der Waals surface area contributed by atoms with Gasteiger partial charge in [0.2, 0.25) is 0 Å². The van der Waals surface area contributed by atoms with Crippen LogP contribution in [0.2, 0.25) is 0 Å². The van der Waals surface area contributed by atoms with Crippen LogP contribution in [0.1, 0.15) is 51.9 Å². The Morgan fingerprint density at radius 1 is 1.07 bits per heavy atom. The van der Waals surface area contributed by atoms with Gasteiger partial charge in [-0.3, -0.25) is 0 Å². The molecule has 2 rings (SSSR count). The molecule has 0 N–H and O–H groups in total. The molecule has 2 aliphatic heterocycles. The van der Waals surface area contributed by atoms with Gasteiger partial charge in [0.05, 0.1) is 6.10 Å². The Balaban J connectivity index is 0.000000165. The summed E-state index contributed by atoms with van der Waals surface area (Å²) in [6.07, 6.45) is 9.69. The van der Waals surface area contributed by atoms with E-state index in [2.05, 4.69) is 6.92 Å². The summed E-state index contributed by atoms with van der Waals surface area (Å²) in [4.78, 5) is 0. The largest absolute Gasteiger partial charge is 0.381 e. The van der Waals surface area contributed by atoms with Crippen LogP contribution >= 0.6 is 0 Å². The molecular formula is C12H24O2. The van der Waals surface area contributed by atoms with Crippen LogP contribution in [0.3, 0.4) is 0 Å². The molecule has 14 heavy (non-hydrogen) atoms. The second-order valence-electron chi connectivity index (χ2n) is 4.10. The number of unbranched alkanes of at least 4 members (excludes halogenated alkanes) is 1. The van der Waals surface area contributed by atoms with Crippen molar-refractivity contribution in [1.82, 2.24) is 0 Å². The van der Waals surface area contributed by atoms with Crippen molar-refractivity contribution in [1.29, 1.82) is 0 Å². The van der Waals surface area contributed by atoms with E-state index in [0.29, 0.717) is 6.10 Å². The summed E-state index contributed by atoms with van der Waals surface area (Å²) in [5.74, 6) is 0. The van der Waals surface area contributed by atoms with Crippen molar-refractivity contribution in [2.24, 2.45) is 0 Å². The molecule has 0 aromatic carbocycles. The van der Waals surface area contributed by atoms with Gasteiger partial charge in [0.1, 0.15) is 0 Å². The molecule has 1 atom stereocenters. The van der Waals surface area contributed by atoms with E-state index in [4.69, 9.17) is 9.47 Å². The molecule has 0 bridgehead atoms. The highest BCUT2D eigenvalue weighted by molar-refractivity contribution is 4.63. The minimum atomic E-state index is 0.616. The van der Waals surface area contributed by atoms with Crippen LogP contribution in [0.4, 0.5) is 0 Å². The fourth-order valence-corrected chi connectivity index (χ4v) is 1.81. The van der Waals surface area contributed by atoms with Crippen molar-refractivity contribution < 1.29 is 9.47 Å². The van der Waals surface area contributed by atoms with Crippen molar-refractivity contribution in [2.45, 2.75) is 58.0 Å². The number of ether oxygens (including phenoxy) is 2. The van der Waals surface area contributed by atoms with Gasteiger partial charge in [-0.25, -0.2) is 0 Å². The summed E-state index contributed by atoms with van der Waals surface area (Å²) in [6, 6.07) is 0. The van der Waals surface area contributed by atoms with Gasteiger partial charge in [-0.15, -0.1) is 0 Å². The zero-order chi connectivity index (χ0) is 10.1. The summed E-state index contributed by atoms with van der Waals surface area (Å²) in [5.41, 5.74) is 0. The van der Waals surface area contributed by atoms with Crippen LogP contribution in [0, 0.1) is 0 Å². The highest BCUT2D eigenvalue weighted by atomic mass is 16.5. The highest BCUT2D eigenvalue weighted by Gasteiger charge is 2.13. The molecule has 0 saturated carbocycles. The van der Waals surface area contributed by atoms with Crippen molar-refractivity contribution in [2.75, 3.05) is 19.8 Å². The highest BCUT2D eigenvalue weighted by Crippen LogP contribution is 2.17. The second-order valence-corrected chi connectivity index (χ2v) is 4.10. The number of hydrogen-bond acceptors (Lipinski definition) is 2. The Bertz CT molecular complexity index is 108. The summed E-state index contributed by atoms with van der Waals surface area (Å²) in [6.45, 7) is 5.24. The minimum Gasteiger partial charge on any atom is -0.381 e. The van der Waals surface area contributed by atoms with E-state index >= 15 is 0 Å². The van der Waals surface area contributed by atoms with Crippen molar-refractivity contribution in [3.05, 3.63) is 0 Å². The predicted octanol–water partition coefficient (Wildman–Crippen LogP) is 3.15. The van der Waals surface area contributed by atoms with E-state index in [0.717, 1.165) is 19.8 Å². The van der Waals surface area contributed by atoms with Gasteiger partial charge < -0.3 is 9.47 Å². The van der Waals surface area contributed by atoms with E-state index in [1.807, 2.05) is 0 Å². The molecule has 2 aliphatic rings. The third kappa shape index (κ3) is 5.61. The first-order chi connectivity index (χ1) is 6.93. The van der Waals surface area contributed by atoms with Crippen molar-refractivity contribution in [3.8, 4) is 0 Å². The van der Waals surface area contributed by atoms with E-state index in [-0.39, 0.29) is 0 Å². The maximum atomic E-state index is 5.46. The van der Waals surface area contributed by atoms with Gasteiger partial charge in [-0.1, -0.05) is 19.8 Å². The van der Waals surface area contributed by atoms with Crippen LogP contribution < -0.4 is 0 Å². The molecular weight excluding hydrogens is 176 g/mol. The van der Waals surface area contributed by atoms with Gasteiger partial charge in [0.15, 0.2) is 0 Å². The van der Waals surface area contributed by atoms with Crippen LogP contribution in [0.15, 0.2) is 0 Å². The standard InChI is InChI=1S/C8H16O.C4H8O/c1-2-3-5-8-6-4-7-9-8;1-2-4-5-3-1/h8H,2-7H2,1H3;1-4H2. The molecule has 84 valence electrons. The molecule has 0 amide bonds. The molecule has 2 saturated heterocycles.